The van der Waals surface area contributed by atoms with Gasteiger partial charge in [-0.25, -0.2) is 0 Å². The number of rotatable bonds is 5. The molecule has 0 aliphatic heterocycles. The van der Waals surface area contributed by atoms with Gasteiger partial charge in [0.1, 0.15) is 0 Å². The standard InChI is InChI=1S/C27H30O4/c1-30-24-12-11-22(19-25(24)31-23-9-5-6-10-23)27(16-13-20-7-3-2-4-8-20)17-14-21(15-18-27)26(28)29/h2-4,7-8,11-12,19,21,23H,5-6,9-10,14-15,17-18H2,1H3,(H,28,29). The minimum atomic E-state index is -0.704. The van der Waals surface area contributed by atoms with Gasteiger partial charge in [0.25, 0.3) is 0 Å². The van der Waals surface area contributed by atoms with Crippen LogP contribution in [0.25, 0.3) is 0 Å². The number of ether oxygens (including phenoxy) is 2. The molecule has 0 radical (unpaired) electrons. The van der Waals surface area contributed by atoms with E-state index < -0.39 is 5.97 Å². The van der Waals surface area contributed by atoms with Gasteiger partial charge < -0.3 is 14.6 Å². The predicted octanol–water partition coefficient (Wildman–Crippen LogP) is 5.58. The molecule has 4 heteroatoms. The summed E-state index contributed by atoms with van der Waals surface area (Å²) in [4.78, 5) is 11.5. The first kappa shape index (κ1) is 21.3. The first-order valence-electron chi connectivity index (χ1n) is 11.3. The fraction of sp³-hybridized carbons (Fsp3) is 0.444. The summed E-state index contributed by atoms with van der Waals surface area (Å²) in [7, 11) is 1.67. The Labute approximate surface area is 184 Å². The van der Waals surface area contributed by atoms with E-state index in [1.807, 2.05) is 36.4 Å². The van der Waals surface area contributed by atoms with Gasteiger partial charge in [0, 0.05) is 5.56 Å². The quantitative estimate of drug-likeness (QED) is 0.644. The first-order valence-corrected chi connectivity index (χ1v) is 11.3. The zero-order valence-electron chi connectivity index (χ0n) is 18.1. The largest absolute Gasteiger partial charge is 0.493 e. The number of aliphatic carboxylic acids is 1. The van der Waals surface area contributed by atoms with Gasteiger partial charge >= 0.3 is 5.97 Å². The topological polar surface area (TPSA) is 55.8 Å². The number of methoxy groups -OCH3 is 1. The molecule has 2 aliphatic rings. The Kier molecular flexibility index (Phi) is 6.51. The lowest BCUT2D eigenvalue weighted by Gasteiger charge is -2.36. The van der Waals surface area contributed by atoms with E-state index in [0.29, 0.717) is 12.8 Å². The summed E-state index contributed by atoms with van der Waals surface area (Å²) in [5, 5.41) is 9.49. The van der Waals surface area contributed by atoms with Crippen LogP contribution >= 0.6 is 0 Å². The number of hydrogen-bond donors (Lipinski definition) is 1. The Hall–Kier alpha value is -2.93. The molecule has 4 rings (SSSR count). The summed E-state index contributed by atoms with van der Waals surface area (Å²) < 4.78 is 11.9. The molecule has 1 N–H and O–H groups in total. The lowest BCUT2D eigenvalue weighted by molar-refractivity contribution is -0.143. The Bertz CT molecular complexity index is 956. The minimum Gasteiger partial charge on any atom is -0.493 e. The maximum Gasteiger partial charge on any atom is 0.306 e. The number of carboxylic acids is 1. The highest BCUT2D eigenvalue weighted by molar-refractivity contribution is 5.70. The molecule has 31 heavy (non-hydrogen) atoms. The number of hydrogen-bond acceptors (Lipinski definition) is 3. The predicted molar refractivity (Wildman–Crippen MR) is 120 cm³/mol. The third-order valence-electron chi connectivity index (χ3n) is 6.72. The summed E-state index contributed by atoms with van der Waals surface area (Å²) >= 11 is 0. The molecule has 4 nitrogen and oxygen atoms in total. The normalized spacial score (nSPS) is 23.6. The average Bonchev–Trinajstić information content (AvgIpc) is 3.32. The van der Waals surface area contributed by atoms with Crippen LogP contribution in [0.3, 0.4) is 0 Å². The van der Waals surface area contributed by atoms with Crippen molar-refractivity contribution >= 4 is 5.97 Å². The lowest BCUT2D eigenvalue weighted by atomic mass is 9.67. The number of carboxylic acid groups (broad SMARTS) is 1. The van der Waals surface area contributed by atoms with Crippen LogP contribution in [0.15, 0.2) is 48.5 Å². The van der Waals surface area contributed by atoms with E-state index in [-0.39, 0.29) is 17.4 Å². The lowest BCUT2D eigenvalue weighted by Crippen LogP contribution is -2.33. The number of carbonyl (C=O) groups is 1. The molecule has 0 spiro atoms. The molecule has 0 unspecified atom stereocenters. The van der Waals surface area contributed by atoms with Crippen molar-refractivity contribution in [2.75, 3.05) is 7.11 Å². The summed E-state index contributed by atoms with van der Waals surface area (Å²) in [6.07, 6.45) is 7.49. The van der Waals surface area contributed by atoms with Crippen LogP contribution < -0.4 is 9.47 Å². The van der Waals surface area contributed by atoms with Crippen molar-refractivity contribution in [3.8, 4) is 23.3 Å². The average molecular weight is 419 g/mol. The molecule has 2 aromatic rings. The van der Waals surface area contributed by atoms with Crippen LogP contribution in [0.1, 0.15) is 62.5 Å². The molecular weight excluding hydrogens is 388 g/mol. The molecule has 0 atom stereocenters. The molecule has 0 bridgehead atoms. The van der Waals surface area contributed by atoms with E-state index in [2.05, 4.69) is 24.0 Å². The van der Waals surface area contributed by atoms with Crippen molar-refractivity contribution in [2.24, 2.45) is 5.92 Å². The third kappa shape index (κ3) is 4.88. The second kappa shape index (κ2) is 9.47. The van der Waals surface area contributed by atoms with Crippen molar-refractivity contribution in [1.82, 2.24) is 0 Å². The van der Waals surface area contributed by atoms with E-state index >= 15 is 0 Å². The van der Waals surface area contributed by atoms with Gasteiger partial charge in [-0.05, 0) is 81.2 Å². The molecule has 162 valence electrons. The Morgan fingerprint density at radius 3 is 2.35 bits per heavy atom. The maximum absolute atomic E-state index is 11.5. The smallest absolute Gasteiger partial charge is 0.306 e. The van der Waals surface area contributed by atoms with Crippen LogP contribution in [0, 0.1) is 17.8 Å². The van der Waals surface area contributed by atoms with Crippen molar-refractivity contribution in [3.63, 3.8) is 0 Å². The molecule has 0 saturated heterocycles. The molecular formula is C27H30O4. The van der Waals surface area contributed by atoms with Crippen LogP contribution in [-0.4, -0.2) is 24.3 Å². The summed E-state index contributed by atoms with van der Waals surface area (Å²) in [5.41, 5.74) is 1.67. The maximum atomic E-state index is 11.5. The zero-order valence-corrected chi connectivity index (χ0v) is 18.1. The molecule has 0 aromatic heterocycles. The van der Waals surface area contributed by atoms with E-state index in [0.717, 1.165) is 48.3 Å². The van der Waals surface area contributed by atoms with Crippen molar-refractivity contribution in [1.29, 1.82) is 0 Å². The van der Waals surface area contributed by atoms with Crippen LogP contribution in [0.4, 0.5) is 0 Å². The fourth-order valence-electron chi connectivity index (χ4n) is 4.81. The van der Waals surface area contributed by atoms with Crippen molar-refractivity contribution in [3.05, 3.63) is 59.7 Å². The van der Waals surface area contributed by atoms with Crippen LogP contribution in [0.5, 0.6) is 11.5 Å². The second-order valence-corrected chi connectivity index (χ2v) is 8.70. The fourth-order valence-corrected chi connectivity index (χ4v) is 4.81. The Balaban J connectivity index is 1.69. The molecule has 2 aromatic carbocycles. The molecule has 2 aliphatic carbocycles. The number of benzene rings is 2. The van der Waals surface area contributed by atoms with Gasteiger partial charge in [0.15, 0.2) is 11.5 Å². The van der Waals surface area contributed by atoms with Crippen LogP contribution in [-0.2, 0) is 10.2 Å². The molecule has 0 amide bonds. The Morgan fingerprint density at radius 1 is 1.00 bits per heavy atom. The highest BCUT2D eigenvalue weighted by Crippen LogP contribution is 2.44. The van der Waals surface area contributed by atoms with Crippen molar-refractivity contribution < 1.29 is 19.4 Å². The second-order valence-electron chi connectivity index (χ2n) is 8.70. The van der Waals surface area contributed by atoms with Gasteiger partial charge in [0.05, 0.1) is 24.5 Å². The minimum absolute atomic E-state index is 0.234. The van der Waals surface area contributed by atoms with E-state index in [9.17, 15) is 9.90 Å². The van der Waals surface area contributed by atoms with Gasteiger partial charge in [-0.1, -0.05) is 36.1 Å². The highest BCUT2D eigenvalue weighted by atomic mass is 16.5. The molecule has 2 saturated carbocycles. The first-order chi connectivity index (χ1) is 15.1. The summed E-state index contributed by atoms with van der Waals surface area (Å²) in [5.74, 6) is 7.41. The Morgan fingerprint density at radius 2 is 1.71 bits per heavy atom. The summed E-state index contributed by atoms with van der Waals surface area (Å²) in [6.45, 7) is 0. The molecule has 0 heterocycles. The highest BCUT2D eigenvalue weighted by Gasteiger charge is 2.38. The van der Waals surface area contributed by atoms with Crippen LogP contribution in [0.2, 0.25) is 0 Å². The summed E-state index contributed by atoms with van der Waals surface area (Å²) in [6, 6.07) is 16.1. The zero-order chi connectivity index (χ0) is 21.7. The SMILES string of the molecule is COc1ccc(C2(C#Cc3ccccc3)CCC(C(=O)O)CC2)cc1OC1CCCC1. The van der Waals surface area contributed by atoms with Gasteiger partial charge in [0.2, 0.25) is 0 Å². The van der Waals surface area contributed by atoms with Gasteiger partial charge in [-0.2, -0.15) is 0 Å². The van der Waals surface area contributed by atoms with Gasteiger partial charge in [-0.3, -0.25) is 4.79 Å². The third-order valence-corrected chi connectivity index (χ3v) is 6.72. The van der Waals surface area contributed by atoms with Gasteiger partial charge in [-0.15, -0.1) is 0 Å². The van der Waals surface area contributed by atoms with E-state index in [4.69, 9.17) is 9.47 Å². The van der Waals surface area contributed by atoms with E-state index in [1.165, 1.54) is 12.8 Å². The monoisotopic (exact) mass is 418 g/mol. The van der Waals surface area contributed by atoms with Crippen molar-refractivity contribution in [2.45, 2.75) is 62.9 Å². The van der Waals surface area contributed by atoms with E-state index in [1.54, 1.807) is 7.11 Å². The molecule has 2 fully saturated rings.